The summed E-state index contributed by atoms with van der Waals surface area (Å²) in [5.41, 5.74) is 1.82. The molecule has 2 N–H and O–H groups in total. The second-order valence-electron chi connectivity index (χ2n) is 8.37. The SMILES string of the molecule is CC1CC(O)C2(C)C(CO)=CCCC2C1(C)CCC1=CC(=O)OC1. The van der Waals surface area contributed by atoms with E-state index in [0.29, 0.717) is 18.4 Å². The number of hydrogen-bond donors (Lipinski definition) is 2. The number of cyclic esters (lactones) is 1. The van der Waals surface area contributed by atoms with E-state index in [1.807, 2.05) is 0 Å². The lowest BCUT2D eigenvalue weighted by Gasteiger charge is -2.60. The minimum Gasteiger partial charge on any atom is -0.458 e. The minimum atomic E-state index is -0.403. The van der Waals surface area contributed by atoms with Gasteiger partial charge >= 0.3 is 5.97 Å². The second-order valence-corrected chi connectivity index (χ2v) is 8.37. The van der Waals surface area contributed by atoms with Crippen LogP contribution in [0, 0.1) is 22.7 Å². The number of aliphatic hydroxyl groups excluding tert-OH is 2. The van der Waals surface area contributed by atoms with E-state index in [4.69, 9.17) is 4.74 Å². The predicted octanol–water partition coefficient (Wildman–Crippen LogP) is 2.99. The predicted molar refractivity (Wildman–Crippen MR) is 92.2 cm³/mol. The average Bonchev–Trinajstić information content (AvgIpc) is 2.97. The molecule has 24 heavy (non-hydrogen) atoms. The monoisotopic (exact) mass is 334 g/mol. The molecular formula is C20H30O4. The first-order valence-corrected chi connectivity index (χ1v) is 9.17. The Labute approximate surface area is 144 Å². The van der Waals surface area contributed by atoms with Crippen LogP contribution in [0.15, 0.2) is 23.3 Å². The lowest BCUT2D eigenvalue weighted by Crippen LogP contribution is -2.57. The Hall–Kier alpha value is -1.13. The minimum absolute atomic E-state index is 0.0298. The molecular weight excluding hydrogens is 304 g/mol. The zero-order chi connectivity index (χ0) is 17.5. The van der Waals surface area contributed by atoms with Gasteiger partial charge in [-0.15, -0.1) is 0 Å². The Bertz CT molecular complexity index is 578. The summed E-state index contributed by atoms with van der Waals surface area (Å²) in [5.74, 6) is 0.520. The molecule has 0 aromatic heterocycles. The highest BCUT2D eigenvalue weighted by atomic mass is 16.5. The number of fused-ring (bicyclic) bond motifs is 1. The third-order valence-corrected chi connectivity index (χ3v) is 7.33. The van der Waals surface area contributed by atoms with Crippen LogP contribution in [0.25, 0.3) is 0 Å². The molecule has 1 aliphatic heterocycles. The van der Waals surface area contributed by atoms with Crippen LogP contribution in [-0.4, -0.2) is 35.5 Å². The molecule has 0 radical (unpaired) electrons. The number of allylic oxidation sites excluding steroid dienone is 1. The first-order valence-electron chi connectivity index (χ1n) is 9.17. The van der Waals surface area contributed by atoms with Crippen LogP contribution in [0.3, 0.4) is 0 Å². The molecule has 5 atom stereocenters. The average molecular weight is 334 g/mol. The molecule has 1 heterocycles. The molecule has 4 nitrogen and oxygen atoms in total. The zero-order valence-corrected chi connectivity index (χ0v) is 15.0. The van der Waals surface area contributed by atoms with Gasteiger partial charge in [-0.2, -0.15) is 0 Å². The lowest BCUT2D eigenvalue weighted by molar-refractivity contribution is -0.135. The van der Waals surface area contributed by atoms with Crippen LogP contribution < -0.4 is 0 Å². The van der Waals surface area contributed by atoms with Crippen LogP contribution in [0.1, 0.15) is 52.9 Å². The molecule has 0 aromatic carbocycles. The van der Waals surface area contributed by atoms with Crippen molar-refractivity contribution < 1.29 is 19.7 Å². The van der Waals surface area contributed by atoms with E-state index in [2.05, 4.69) is 26.8 Å². The molecule has 0 bridgehead atoms. The molecule has 0 spiro atoms. The smallest absolute Gasteiger partial charge is 0.331 e. The van der Waals surface area contributed by atoms with Gasteiger partial charge in [0.2, 0.25) is 0 Å². The maximum Gasteiger partial charge on any atom is 0.331 e. The van der Waals surface area contributed by atoms with Gasteiger partial charge < -0.3 is 14.9 Å². The van der Waals surface area contributed by atoms with Crippen LogP contribution in [-0.2, 0) is 9.53 Å². The molecule has 0 aromatic rings. The maximum absolute atomic E-state index is 11.3. The number of hydrogen-bond acceptors (Lipinski definition) is 4. The fraction of sp³-hybridized carbons (Fsp3) is 0.750. The van der Waals surface area contributed by atoms with E-state index in [1.165, 1.54) is 0 Å². The Morgan fingerprint density at radius 1 is 1.38 bits per heavy atom. The van der Waals surface area contributed by atoms with Gasteiger partial charge in [0, 0.05) is 11.5 Å². The van der Waals surface area contributed by atoms with Crippen molar-refractivity contribution in [3.63, 3.8) is 0 Å². The van der Waals surface area contributed by atoms with Gasteiger partial charge in [-0.3, -0.25) is 0 Å². The van der Waals surface area contributed by atoms with Gasteiger partial charge in [-0.05, 0) is 60.5 Å². The van der Waals surface area contributed by atoms with Gasteiger partial charge in [-0.1, -0.05) is 26.8 Å². The van der Waals surface area contributed by atoms with Crippen molar-refractivity contribution in [2.24, 2.45) is 22.7 Å². The van der Waals surface area contributed by atoms with Gasteiger partial charge in [0.1, 0.15) is 6.61 Å². The quantitative estimate of drug-likeness (QED) is 0.613. The van der Waals surface area contributed by atoms with Crippen molar-refractivity contribution in [3.05, 3.63) is 23.3 Å². The maximum atomic E-state index is 11.3. The standard InChI is InChI=1S/C20H30O4/c1-13-9-17(22)20(3)15(11-21)5-4-6-16(20)19(13,2)8-7-14-10-18(23)24-12-14/h5,10,13,16-17,21-22H,4,6-9,11-12H2,1-3H3. The highest BCUT2D eigenvalue weighted by Gasteiger charge is 2.57. The molecule has 2 aliphatic carbocycles. The normalized spacial score (nSPS) is 42.2. The molecule has 3 aliphatic rings. The topological polar surface area (TPSA) is 66.8 Å². The second kappa shape index (κ2) is 6.30. The number of carbonyl (C=O) groups excluding carboxylic acids is 1. The summed E-state index contributed by atoms with van der Waals surface area (Å²) in [6.07, 6.45) is 7.99. The molecule has 1 fully saturated rings. The summed E-state index contributed by atoms with van der Waals surface area (Å²) < 4.78 is 5.03. The van der Waals surface area contributed by atoms with Gasteiger partial charge in [-0.25, -0.2) is 4.79 Å². The van der Waals surface area contributed by atoms with Crippen molar-refractivity contribution in [2.75, 3.05) is 13.2 Å². The van der Waals surface area contributed by atoms with Crippen molar-refractivity contribution in [3.8, 4) is 0 Å². The van der Waals surface area contributed by atoms with Gasteiger partial charge in [0.15, 0.2) is 0 Å². The molecule has 134 valence electrons. The summed E-state index contributed by atoms with van der Waals surface area (Å²) in [5, 5.41) is 20.7. The molecule has 0 saturated heterocycles. The Balaban J connectivity index is 1.87. The number of aliphatic hydroxyl groups is 2. The molecule has 1 saturated carbocycles. The van der Waals surface area contributed by atoms with Crippen LogP contribution in [0.4, 0.5) is 0 Å². The number of carbonyl (C=O) groups is 1. The first-order chi connectivity index (χ1) is 11.3. The van der Waals surface area contributed by atoms with E-state index in [-0.39, 0.29) is 23.4 Å². The van der Waals surface area contributed by atoms with Crippen LogP contribution in [0.2, 0.25) is 0 Å². The number of esters is 1. The van der Waals surface area contributed by atoms with Crippen molar-refractivity contribution in [2.45, 2.75) is 59.0 Å². The van der Waals surface area contributed by atoms with Crippen molar-refractivity contribution >= 4 is 5.97 Å². The van der Waals surface area contributed by atoms with Crippen molar-refractivity contribution in [1.82, 2.24) is 0 Å². The third-order valence-electron chi connectivity index (χ3n) is 7.33. The fourth-order valence-corrected chi connectivity index (χ4v) is 5.46. The molecule has 0 amide bonds. The Kier molecular flexibility index (Phi) is 4.65. The van der Waals surface area contributed by atoms with Crippen LogP contribution in [0.5, 0.6) is 0 Å². The van der Waals surface area contributed by atoms with Crippen LogP contribution >= 0.6 is 0 Å². The summed E-state index contributed by atoms with van der Waals surface area (Å²) in [6.45, 7) is 7.17. The fourth-order valence-electron chi connectivity index (χ4n) is 5.46. The van der Waals surface area contributed by atoms with Gasteiger partial charge in [0.05, 0.1) is 12.7 Å². The van der Waals surface area contributed by atoms with E-state index >= 15 is 0 Å². The number of ether oxygens (including phenoxy) is 1. The zero-order valence-electron chi connectivity index (χ0n) is 15.0. The number of rotatable bonds is 4. The van der Waals surface area contributed by atoms with Crippen molar-refractivity contribution in [1.29, 1.82) is 0 Å². The van der Waals surface area contributed by atoms with E-state index < -0.39 is 6.10 Å². The summed E-state index contributed by atoms with van der Waals surface area (Å²) in [6, 6.07) is 0. The third kappa shape index (κ3) is 2.64. The van der Waals surface area contributed by atoms with E-state index in [1.54, 1.807) is 6.08 Å². The van der Waals surface area contributed by atoms with Gasteiger partial charge in [0.25, 0.3) is 0 Å². The molecule has 4 heteroatoms. The Morgan fingerprint density at radius 3 is 2.75 bits per heavy atom. The van der Waals surface area contributed by atoms with E-state index in [9.17, 15) is 15.0 Å². The highest BCUT2D eigenvalue weighted by molar-refractivity contribution is 5.85. The summed E-state index contributed by atoms with van der Waals surface area (Å²) >= 11 is 0. The first kappa shape index (κ1) is 17.7. The largest absolute Gasteiger partial charge is 0.458 e. The summed E-state index contributed by atoms with van der Waals surface area (Å²) in [4.78, 5) is 11.3. The molecule has 3 rings (SSSR count). The highest BCUT2D eigenvalue weighted by Crippen LogP contribution is 2.61. The summed E-state index contributed by atoms with van der Waals surface area (Å²) in [7, 11) is 0. The lowest BCUT2D eigenvalue weighted by atomic mass is 9.46. The van der Waals surface area contributed by atoms with E-state index in [0.717, 1.165) is 43.3 Å². The molecule has 5 unspecified atom stereocenters. The Morgan fingerprint density at radius 2 is 2.12 bits per heavy atom.